The van der Waals surface area contributed by atoms with Crippen molar-refractivity contribution in [2.24, 2.45) is 34.5 Å². The third kappa shape index (κ3) is 9.57. The molecule has 5 heterocycles. The molecule has 0 spiro atoms. The highest BCUT2D eigenvalue weighted by Crippen LogP contribution is 2.70. The van der Waals surface area contributed by atoms with Crippen molar-refractivity contribution in [3.05, 3.63) is 11.6 Å². The Morgan fingerprint density at radius 3 is 1.79 bits per heavy atom. The number of aliphatic hydroxyl groups is 12. The van der Waals surface area contributed by atoms with Gasteiger partial charge in [0.15, 0.2) is 25.2 Å². The summed E-state index contributed by atoms with van der Waals surface area (Å²) in [6, 6.07) is 0. The quantitative estimate of drug-likeness (QED) is 0.0631. The van der Waals surface area contributed by atoms with Crippen LogP contribution in [0.5, 0.6) is 0 Å². The maximum Gasteiger partial charge on any atom is 0.331 e. The summed E-state index contributed by atoms with van der Waals surface area (Å²) < 4.78 is 58.1. The van der Waals surface area contributed by atoms with Crippen molar-refractivity contribution in [3.8, 4) is 0 Å². The molecule has 9 aliphatic rings. The highest BCUT2D eigenvalue weighted by atomic mass is 16.8. The van der Waals surface area contributed by atoms with Crippen LogP contribution < -0.4 is 0 Å². The fourth-order valence-electron chi connectivity index (χ4n) is 14.3. The molecule has 8 fully saturated rings. The fourth-order valence-corrected chi connectivity index (χ4v) is 14.3. The Morgan fingerprint density at radius 2 is 1.20 bits per heavy atom. The lowest BCUT2D eigenvalue weighted by molar-refractivity contribution is -0.368. The minimum absolute atomic E-state index is 0.0245. The average molecular weight is 1020 g/mol. The van der Waals surface area contributed by atoms with Crippen LogP contribution in [0.25, 0.3) is 0 Å². The minimum atomic E-state index is -1.87. The monoisotopic (exact) mass is 1020 g/mol. The Hall–Kier alpha value is -1.63. The molecule has 9 rings (SSSR count). The smallest absolute Gasteiger partial charge is 0.331 e. The van der Waals surface area contributed by atoms with Crippen molar-refractivity contribution < 1.29 is 113 Å². The molecular formula is C48H76O23. The van der Waals surface area contributed by atoms with Gasteiger partial charge in [-0.25, -0.2) is 4.79 Å². The van der Waals surface area contributed by atoms with Gasteiger partial charge in [-0.1, -0.05) is 13.8 Å². The maximum absolute atomic E-state index is 12.6. The third-order valence-electron chi connectivity index (χ3n) is 18.6. The normalized spacial score (nSPS) is 54.4. The second-order valence-corrected chi connectivity index (χ2v) is 22.2. The van der Waals surface area contributed by atoms with Crippen LogP contribution in [-0.4, -0.2) is 235 Å². The molecule has 28 atom stereocenters. The van der Waals surface area contributed by atoms with Crippen molar-refractivity contribution in [1.29, 1.82) is 0 Å². The van der Waals surface area contributed by atoms with Crippen molar-refractivity contribution in [3.63, 3.8) is 0 Å². The first-order chi connectivity index (χ1) is 33.6. The molecule has 12 N–H and O–H groups in total. The molecule has 0 bridgehead atoms. The molecule has 4 saturated heterocycles. The van der Waals surface area contributed by atoms with Gasteiger partial charge in [0, 0.05) is 18.6 Å². The van der Waals surface area contributed by atoms with E-state index in [1.807, 2.05) is 0 Å². The number of fused-ring (bicyclic) bond motifs is 5. The minimum Gasteiger partial charge on any atom is -0.458 e. The summed E-state index contributed by atoms with van der Waals surface area (Å²) in [5, 5.41) is 129. The topological polar surface area (TPSA) is 352 Å². The predicted octanol–water partition coefficient (Wildman–Crippen LogP) is -3.42. The zero-order valence-electron chi connectivity index (χ0n) is 40.6. The standard InChI is InChI=1S/C48H76O23/c1-19-40(71-44-38(59)35(56)32(53)28(70-44)18-65-43-37(58)34(55)31(52)27(69-43)17-64-42-36(57)33(54)30(51)26(15-49)68-42)41(62-4)39(60)45(66-19)67-22-7-10-46(2)21(14-22)5-6-25-24(46)8-11-47(3)23(9-12-48(25,47)61)20-13-29(50)63-16-20/h13,19,21-28,30-45,49,51-61H,5-12,14-18H2,1-4H3/t19-,21+,22-,23+,24-,25+,26+,27+,28+,30+,31+,32+,33-,34-,35-,36+,37+,38+,39-,40-,41-,42+,43+,44-,45-,46-,47+,48-/m0/s1. The van der Waals surface area contributed by atoms with Crippen molar-refractivity contribution >= 4 is 5.97 Å². The Kier molecular flexibility index (Phi) is 16.1. The van der Waals surface area contributed by atoms with Gasteiger partial charge in [0.25, 0.3) is 0 Å². The molecule has 4 saturated carbocycles. The van der Waals surface area contributed by atoms with E-state index >= 15 is 0 Å². The van der Waals surface area contributed by atoms with Crippen LogP contribution >= 0.6 is 0 Å². The molecule has 71 heavy (non-hydrogen) atoms. The molecule has 0 aromatic rings. The summed E-state index contributed by atoms with van der Waals surface area (Å²) in [5.41, 5.74) is -0.182. The van der Waals surface area contributed by atoms with Crippen molar-refractivity contribution in [2.75, 3.05) is 33.5 Å². The average Bonchev–Trinajstić information content (AvgIpc) is 3.90. The molecule has 0 unspecified atom stereocenters. The second kappa shape index (κ2) is 21.1. The predicted molar refractivity (Wildman–Crippen MR) is 236 cm³/mol. The molecule has 23 nitrogen and oxygen atoms in total. The molecule has 0 amide bonds. The van der Waals surface area contributed by atoms with E-state index in [2.05, 4.69) is 13.8 Å². The van der Waals surface area contributed by atoms with Gasteiger partial charge >= 0.3 is 5.97 Å². The lowest BCUT2D eigenvalue weighted by Gasteiger charge is -2.64. The van der Waals surface area contributed by atoms with Gasteiger partial charge in [-0.2, -0.15) is 0 Å². The zero-order chi connectivity index (χ0) is 51.1. The van der Waals surface area contributed by atoms with Gasteiger partial charge in [0.2, 0.25) is 0 Å². The number of carbonyl (C=O) groups excluding carboxylic acids is 1. The Labute approximate surface area is 411 Å². The van der Waals surface area contributed by atoms with E-state index in [1.54, 1.807) is 13.0 Å². The van der Waals surface area contributed by atoms with Gasteiger partial charge in [0.05, 0.1) is 37.6 Å². The van der Waals surface area contributed by atoms with Crippen LogP contribution in [-0.2, 0) is 52.2 Å². The molecule has 0 aromatic heterocycles. The first-order valence-electron chi connectivity index (χ1n) is 25.4. The molecule has 406 valence electrons. The highest BCUT2D eigenvalue weighted by molar-refractivity contribution is 5.85. The number of methoxy groups -OCH3 is 1. The molecule has 5 aliphatic heterocycles. The number of aliphatic hydroxyl groups excluding tert-OH is 11. The SMILES string of the molecule is CO[C@H]1[C@H](O)[C@H](O[C@H]2CC[C@@]3(C)[C@H](CC[C@@H]4[C@@H]3CC[C@]3(C)[C@@H](C5=CC(=O)OC5)CC[C@]43O)C2)O[C@@H](C)[C@@H]1O[C@@H]1O[C@H](CO[C@@H]2O[C@H](CO[C@@H]3O[C@H](CO)[C@@H](O)[C@H](O)[C@H]3O)[C@@H](O)[C@H](O)[C@H]2O)[C@@H](O)[C@H](O)[C@H]1O. The molecule has 0 radical (unpaired) electrons. The number of cyclic esters (lactones) is 1. The Morgan fingerprint density at radius 1 is 0.620 bits per heavy atom. The fraction of sp³-hybridized carbons (Fsp3) is 0.938. The van der Waals surface area contributed by atoms with E-state index in [4.69, 9.17) is 47.4 Å². The van der Waals surface area contributed by atoms with E-state index in [0.717, 1.165) is 50.5 Å². The second-order valence-electron chi connectivity index (χ2n) is 22.2. The van der Waals surface area contributed by atoms with Gasteiger partial charge in [-0.05, 0) is 99.4 Å². The molecular weight excluding hydrogens is 945 g/mol. The number of hydrogen-bond acceptors (Lipinski definition) is 23. The van der Waals surface area contributed by atoms with E-state index in [-0.39, 0.29) is 34.7 Å². The molecule has 4 aliphatic carbocycles. The number of rotatable bonds is 13. The first-order valence-corrected chi connectivity index (χ1v) is 25.4. The van der Waals surface area contributed by atoms with Gasteiger partial charge < -0.3 is 109 Å². The summed E-state index contributed by atoms with van der Waals surface area (Å²) in [7, 11) is 1.37. The molecule has 0 aromatic carbocycles. The summed E-state index contributed by atoms with van der Waals surface area (Å²) >= 11 is 0. The van der Waals surface area contributed by atoms with Crippen LogP contribution in [0, 0.1) is 34.5 Å². The maximum atomic E-state index is 12.6. The lowest BCUT2D eigenvalue weighted by Crippen LogP contribution is -2.65. The van der Waals surface area contributed by atoms with E-state index in [1.165, 1.54) is 7.11 Å². The first kappa shape index (κ1) is 54.2. The lowest BCUT2D eigenvalue weighted by atomic mass is 9.43. The largest absolute Gasteiger partial charge is 0.458 e. The number of carbonyl (C=O) groups is 1. The van der Waals surface area contributed by atoms with Crippen LogP contribution in [0.1, 0.15) is 78.6 Å². The molecule has 23 heteroatoms. The highest BCUT2D eigenvalue weighted by Gasteiger charge is 2.68. The Balaban J connectivity index is 0.785. The summed E-state index contributed by atoms with van der Waals surface area (Å²) in [4.78, 5) is 12.0. The van der Waals surface area contributed by atoms with Crippen LogP contribution in [0.3, 0.4) is 0 Å². The summed E-state index contributed by atoms with van der Waals surface area (Å²) in [6.07, 6.45) is -21.9. The van der Waals surface area contributed by atoms with Crippen molar-refractivity contribution in [1.82, 2.24) is 0 Å². The van der Waals surface area contributed by atoms with Crippen LogP contribution in [0.15, 0.2) is 11.6 Å². The summed E-state index contributed by atoms with van der Waals surface area (Å²) in [6.45, 7) is 4.58. The summed E-state index contributed by atoms with van der Waals surface area (Å²) in [5.74, 6) is 0.603. The zero-order valence-corrected chi connectivity index (χ0v) is 40.6. The number of esters is 1. The van der Waals surface area contributed by atoms with Crippen LogP contribution in [0.2, 0.25) is 0 Å². The van der Waals surface area contributed by atoms with Gasteiger partial charge in [0.1, 0.15) is 98.2 Å². The van der Waals surface area contributed by atoms with Crippen molar-refractivity contribution in [2.45, 2.75) is 213 Å². The third-order valence-corrected chi connectivity index (χ3v) is 18.6. The van der Waals surface area contributed by atoms with E-state index < -0.39 is 148 Å². The van der Waals surface area contributed by atoms with E-state index in [0.29, 0.717) is 31.3 Å². The Bertz CT molecular complexity index is 1880. The van der Waals surface area contributed by atoms with Gasteiger partial charge in [-0.3, -0.25) is 0 Å². The number of ether oxygens (including phenoxy) is 10. The number of hydrogen-bond donors (Lipinski definition) is 12. The van der Waals surface area contributed by atoms with Gasteiger partial charge in [-0.15, -0.1) is 0 Å². The van der Waals surface area contributed by atoms with E-state index in [9.17, 15) is 66.1 Å². The van der Waals surface area contributed by atoms with Crippen LogP contribution in [0.4, 0.5) is 0 Å².